The molecule has 2 N–H and O–H groups in total. The number of methoxy groups -OCH3 is 2. The summed E-state index contributed by atoms with van der Waals surface area (Å²) in [4.78, 5) is 37.0. The normalized spacial score (nSPS) is 15.8. The summed E-state index contributed by atoms with van der Waals surface area (Å²) >= 11 is 0. The van der Waals surface area contributed by atoms with Gasteiger partial charge < -0.3 is 20.1 Å². The van der Waals surface area contributed by atoms with Gasteiger partial charge >= 0.3 is 6.03 Å². The van der Waals surface area contributed by atoms with Crippen molar-refractivity contribution < 1.29 is 23.9 Å². The van der Waals surface area contributed by atoms with Gasteiger partial charge in [-0.05, 0) is 32.4 Å². The van der Waals surface area contributed by atoms with Gasteiger partial charge in [-0.2, -0.15) is 0 Å². The molecule has 1 saturated heterocycles. The van der Waals surface area contributed by atoms with Crippen molar-refractivity contribution in [1.82, 2.24) is 10.2 Å². The quantitative estimate of drug-likeness (QED) is 0.731. The average Bonchev–Trinajstić information content (AvgIpc) is 2.76. The Morgan fingerprint density at radius 2 is 1.88 bits per heavy atom. The maximum absolute atomic E-state index is 12.1. The molecule has 1 fully saturated rings. The molecular weight excluding hydrogens is 326 g/mol. The highest BCUT2D eigenvalue weighted by atomic mass is 16.5. The van der Waals surface area contributed by atoms with Crippen LogP contribution in [0.15, 0.2) is 18.2 Å². The molecule has 1 aromatic carbocycles. The summed E-state index contributed by atoms with van der Waals surface area (Å²) in [5.74, 6) is 0.597. The van der Waals surface area contributed by atoms with E-state index < -0.39 is 11.6 Å². The molecule has 0 aromatic heterocycles. The van der Waals surface area contributed by atoms with Gasteiger partial charge in [0.2, 0.25) is 5.91 Å². The predicted molar refractivity (Wildman–Crippen MR) is 91.7 cm³/mol. The molecule has 8 heteroatoms. The van der Waals surface area contributed by atoms with Gasteiger partial charge in [0.25, 0.3) is 5.91 Å². The standard InChI is InChI=1S/C17H23N3O5/c1-17(2)15(22)20(16(23)19-17)9-5-6-14(21)18-11-7-8-12(24-3)13(10-11)25-4/h7-8,10H,5-6,9H2,1-4H3,(H,18,21)(H,19,23). The van der Waals surface area contributed by atoms with Crippen LogP contribution in [0.1, 0.15) is 26.7 Å². The first kappa shape index (κ1) is 18.6. The van der Waals surface area contributed by atoms with Crippen LogP contribution in [0.3, 0.4) is 0 Å². The lowest BCUT2D eigenvalue weighted by Gasteiger charge is -2.15. The maximum atomic E-state index is 12.1. The monoisotopic (exact) mass is 349 g/mol. The lowest BCUT2D eigenvalue weighted by molar-refractivity contribution is -0.130. The molecule has 136 valence electrons. The molecule has 2 rings (SSSR count). The van der Waals surface area contributed by atoms with E-state index in [0.717, 1.165) is 4.90 Å². The Balaban J connectivity index is 1.85. The highest BCUT2D eigenvalue weighted by Gasteiger charge is 2.43. The Labute approximate surface area is 146 Å². The second-order valence-electron chi connectivity index (χ2n) is 6.23. The minimum absolute atomic E-state index is 0.186. The highest BCUT2D eigenvalue weighted by molar-refractivity contribution is 6.06. The van der Waals surface area contributed by atoms with E-state index in [1.807, 2.05) is 0 Å². The lowest BCUT2D eigenvalue weighted by Crippen LogP contribution is -2.40. The number of rotatable bonds is 7. The number of anilines is 1. The van der Waals surface area contributed by atoms with E-state index in [1.165, 1.54) is 14.2 Å². The van der Waals surface area contributed by atoms with Crippen molar-refractivity contribution in [3.05, 3.63) is 18.2 Å². The minimum atomic E-state index is -0.890. The Morgan fingerprint density at radius 1 is 1.20 bits per heavy atom. The largest absolute Gasteiger partial charge is 0.493 e. The van der Waals surface area contributed by atoms with E-state index in [9.17, 15) is 14.4 Å². The van der Waals surface area contributed by atoms with Crippen LogP contribution in [0.5, 0.6) is 11.5 Å². The van der Waals surface area contributed by atoms with Crippen molar-refractivity contribution in [3.8, 4) is 11.5 Å². The van der Waals surface area contributed by atoms with Crippen LogP contribution in [0.25, 0.3) is 0 Å². The third-order valence-electron chi connectivity index (χ3n) is 3.90. The Kier molecular flexibility index (Phi) is 5.51. The first-order valence-corrected chi connectivity index (χ1v) is 7.94. The molecule has 0 saturated carbocycles. The van der Waals surface area contributed by atoms with E-state index in [-0.39, 0.29) is 24.8 Å². The number of carbonyl (C=O) groups is 3. The molecule has 0 radical (unpaired) electrons. The minimum Gasteiger partial charge on any atom is -0.493 e. The van der Waals surface area contributed by atoms with Gasteiger partial charge in [0.1, 0.15) is 5.54 Å². The zero-order valence-corrected chi connectivity index (χ0v) is 14.8. The van der Waals surface area contributed by atoms with Crippen molar-refractivity contribution in [2.45, 2.75) is 32.2 Å². The van der Waals surface area contributed by atoms with Crippen molar-refractivity contribution in [2.24, 2.45) is 0 Å². The fourth-order valence-electron chi connectivity index (χ4n) is 2.56. The van der Waals surface area contributed by atoms with Crippen molar-refractivity contribution in [2.75, 3.05) is 26.1 Å². The molecule has 1 aliphatic heterocycles. The molecule has 8 nitrogen and oxygen atoms in total. The summed E-state index contributed by atoms with van der Waals surface area (Å²) in [6.07, 6.45) is 0.570. The van der Waals surface area contributed by atoms with Gasteiger partial charge in [-0.15, -0.1) is 0 Å². The number of hydrogen-bond donors (Lipinski definition) is 2. The molecule has 1 aromatic rings. The number of urea groups is 1. The van der Waals surface area contributed by atoms with Gasteiger partial charge in [-0.25, -0.2) is 4.79 Å². The molecule has 25 heavy (non-hydrogen) atoms. The first-order chi connectivity index (χ1) is 11.8. The summed E-state index contributed by atoms with van der Waals surface area (Å²) in [5, 5.41) is 5.36. The Bertz CT molecular complexity index is 687. The molecule has 0 atom stereocenters. The molecular formula is C17H23N3O5. The molecule has 1 heterocycles. The van der Waals surface area contributed by atoms with Crippen LogP contribution in [-0.4, -0.2) is 49.0 Å². The summed E-state index contributed by atoms with van der Waals surface area (Å²) in [5.41, 5.74) is -0.308. The maximum Gasteiger partial charge on any atom is 0.325 e. The molecule has 0 unspecified atom stereocenters. The van der Waals surface area contributed by atoms with Crippen molar-refractivity contribution in [3.63, 3.8) is 0 Å². The van der Waals surface area contributed by atoms with Gasteiger partial charge in [0.05, 0.1) is 14.2 Å². The summed E-state index contributed by atoms with van der Waals surface area (Å²) in [6.45, 7) is 3.50. The SMILES string of the molecule is COc1ccc(NC(=O)CCCN2C(=O)NC(C)(C)C2=O)cc1OC. The zero-order valence-electron chi connectivity index (χ0n) is 14.8. The molecule has 4 amide bonds. The fourth-order valence-corrected chi connectivity index (χ4v) is 2.56. The summed E-state index contributed by atoms with van der Waals surface area (Å²) in [6, 6.07) is 4.65. The second kappa shape index (κ2) is 7.42. The first-order valence-electron chi connectivity index (χ1n) is 7.94. The lowest BCUT2D eigenvalue weighted by atomic mass is 10.1. The number of carbonyl (C=O) groups excluding carboxylic acids is 3. The van der Waals surface area contributed by atoms with Crippen LogP contribution >= 0.6 is 0 Å². The van der Waals surface area contributed by atoms with Crippen LogP contribution < -0.4 is 20.1 Å². The number of imide groups is 1. The highest BCUT2D eigenvalue weighted by Crippen LogP contribution is 2.29. The number of ether oxygens (including phenoxy) is 2. The number of amides is 4. The fraction of sp³-hybridized carbons (Fsp3) is 0.471. The second-order valence-corrected chi connectivity index (χ2v) is 6.23. The number of hydrogen-bond acceptors (Lipinski definition) is 5. The van der Waals surface area contributed by atoms with Crippen LogP contribution in [0.4, 0.5) is 10.5 Å². The third kappa shape index (κ3) is 4.20. The van der Waals surface area contributed by atoms with E-state index >= 15 is 0 Å². The van der Waals surface area contributed by atoms with Crippen LogP contribution in [0.2, 0.25) is 0 Å². The Hall–Kier alpha value is -2.77. The third-order valence-corrected chi connectivity index (χ3v) is 3.90. The number of nitrogens with zero attached hydrogens (tertiary/aromatic N) is 1. The van der Waals surface area contributed by atoms with Crippen LogP contribution in [0, 0.1) is 0 Å². The zero-order chi connectivity index (χ0) is 18.6. The van der Waals surface area contributed by atoms with Gasteiger partial charge in [-0.1, -0.05) is 0 Å². The molecule has 0 bridgehead atoms. The smallest absolute Gasteiger partial charge is 0.325 e. The van der Waals surface area contributed by atoms with E-state index in [4.69, 9.17) is 9.47 Å². The summed E-state index contributed by atoms with van der Waals surface area (Å²) in [7, 11) is 3.05. The topological polar surface area (TPSA) is 97.0 Å². The van der Waals surface area contributed by atoms with Crippen LogP contribution in [-0.2, 0) is 9.59 Å². The van der Waals surface area contributed by atoms with Crippen molar-refractivity contribution in [1.29, 1.82) is 0 Å². The van der Waals surface area contributed by atoms with E-state index in [2.05, 4.69) is 10.6 Å². The number of benzene rings is 1. The van der Waals surface area contributed by atoms with Crippen molar-refractivity contribution >= 4 is 23.5 Å². The summed E-state index contributed by atoms with van der Waals surface area (Å²) < 4.78 is 10.3. The number of nitrogens with one attached hydrogen (secondary N) is 2. The molecule has 0 spiro atoms. The molecule has 0 aliphatic carbocycles. The van der Waals surface area contributed by atoms with Gasteiger partial charge in [-0.3, -0.25) is 14.5 Å². The van der Waals surface area contributed by atoms with Gasteiger partial charge in [0, 0.05) is 24.7 Å². The van der Waals surface area contributed by atoms with E-state index in [0.29, 0.717) is 23.6 Å². The Morgan fingerprint density at radius 3 is 2.44 bits per heavy atom. The van der Waals surface area contributed by atoms with Gasteiger partial charge in [0.15, 0.2) is 11.5 Å². The average molecular weight is 349 g/mol. The molecule has 1 aliphatic rings. The predicted octanol–water partition coefficient (Wildman–Crippen LogP) is 1.75. The van der Waals surface area contributed by atoms with E-state index in [1.54, 1.807) is 32.0 Å².